The van der Waals surface area contributed by atoms with Crippen molar-refractivity contribution in [1.82, 2.24) is 4.98 Å². The van der Waals surface area contributed by atoms with Gasteiger partial charge in [-0.05, 0) is 62.2 Å². The summed E-state index contributed by atoms with van der Waals surface area (Å²) in [5.74, 6) is 0.581. The third-order valence-electron chi connectivity index (χ3n) is 4.49. The zero-order valence-corrected chi connectivity index (χ0v) is 17.2. The number of alkyl halides is 3. The van der Waals surface area contributed by atoms with Crippen LogP contribution < -0.4 is 10.5 Å². The lowest BCUT2D eigenvalue weighted by molar-refractivity contribution is -0.139. The number of hydrogen-bond donors (Lipinski definition) is 2. The zero-order valence-electron chi connectivity index (χ0n) is 17.2. The Kier molecular flexibility index (Phi) is 6.95. The number of allylic oxidation sites excluding steroid dienone is 1. The van der Waals surface area contributed by atoms with Gasteiger partial charge < -0.3 is 15.5 Å². The van der Waals surface area contributed by atoms with Crippen LogP contribution in [-0.4, -0.2) is 23.8 Å². The van der Waals surface area contributed by atoms with Gasteiger partial charge in [-0.15, -0.1) is 0 Å². The number of ether oxygens (including phenoxy) is 1. The number of aromatic nitrogens is 1. The molecule has 0 aliphatic rings. The Labute approximate surface area is 169 Å². The highest BCUT2D eigenvalue weighted by molar-refractivity contribution is 5.85. The maximum atomic E-state index is 13.7. The number of nitrogens with zero attached hydrogens (tertiary/aromatic N) is 1. The second-order valence-electron chi connectivity index (χ2n) is 7.85. The Bertz CT molecular complexity index is 880. The van der Waals surface area contributed by atoms with E-state index in [9.17, 15) is 13.2 Å². The summed E-state index contributed by atoms with van der Waals surface area (Å²) in [4.78, 5) is 6.80. The van der Waals surface area contributed by atoms with Crippen molar-refractivity contribution in [2.45, 2.75) is 45.8 Å². The Hall–Kier alpha value is -2.54. The molecular formula is C22H28F3N3O. The minimum Gasteiger partial charge on any atom is -0.491 e. The van der Waals surface area contributed by atoms with Gasteiger partial charge in [0.15, 0.2) is 0 Å². The highest BCUT2D eigenvalue weighted by atomic mass is 19.4. The van der Waals surface area contributed by atoms with Crippen molar-refractivity contribution in [3.8, 4) is 5.75 Å². The number of rotatable bonds is 8. The average molecular weight is 407 g/mol. The van der Waals surface area contributed by atoms with Crippen molar-refractivity contribution >= 4 is 18.1 Å². The van der Waals surface area contributed by atoms with Crippen LogP contribution in [0.25, 0.3) is 5.57 Å². The van der Waals surface area contributed by atoms with E-state index in [0.29, 0.717) is 34.9 Å². The lowest BCUT2D eigenvalue weighted by Gasteiger charge is -2.27. The minimum absolute atomic E-state index is 0.00752. The van der Waals surface area contributed by atoms with Crippen molar-refractivity contribution in [3.63, 3.8) is 0 Å². The van der Waals surface area contributed by atoms with Crippen LogP contribution in [0, 0.1) is 5.92 Å². The van der Waals surface area contributed by atoms with Crippen molar-refractivity contribution in [2.75, 3.05) is 6.61 Å². The largest absolute Gasteiger partial charge is 0.491 e. The van der Waals surface area contributed by atoms with Crippen molar-refractivity contribution in [2.24, 2.45) is 16.6 Å². The summed E-state index contributed by atoms with van der Waals surface area (Å²) >= 11 is 0. The van der Waals surface area contributed by atoms with Gasteiger partial charge in [0, 0.05) is 17.3 Å². The molecule has 0 fully saturated rings. The molecule has 2 rings (SSSR count). The van der Waals surface area contributed by atoms with Crippen LogP contribution in [-0.2, 0) is 6.18 Å². The number of halogens is 3. The molecule has 1 unspecified atom stereocenters. The average Bonchev–Trinajstić information content (AvgIpc) is 3.07. The van der Waals surface area contributed by atoms with E-state index in [4.69, 9.17) is 10.5 Å². The van der Waals surface area contributed by atoms with Crippen molar-refractivity contribution in [1.29, 1.82) is 0 Å². The molecule has 7 heteroatoms. The monoisotopic (exact) mass is 407 g/mol. The lowest BCUT2D eigenvalue weighted by atomic mass is 9.92. The van der Waals surface area contributed by atoms with Gasteiger partial charge in [0.2, 0.25) is 0 Å². The Morgan fingerprint density at radius 1 is 1.31 bits per heavy atom. The quantitative estimate of drug-likeness (QED) is 0.530. The van der Waals surface area contributed by atoms with E-state index in [1.54, 1.807) is 38.3 Å². The van der Waals surface area contributed by atoms with Gasteiger partial charge in [-0.3, -0.25) is 0 Å². The second kappa shape index (κ2) is 8.86. The van der Waals surface area contributed by atoms with Crippen LogP contribution in [0.15, 0.2) is 41.5 Å². The Balaban J connectivity index is 2.41. The maximum Gasteiger partial charge on any atom is 0.419 e. The Morgan fingerprint density at radius 3 is 2.55 bits per heavy atom. The number of nitrogens with one attached hydrogen (secondary N) is 1. The van der Waals surface area contributed by atoms with Gasteiger partial charge in [0.25, 0.3) is 0 Å². The molecule has 0 aliphatic carbocycles. The molecule has 0 saturated carbocycles. The van der Waals surface area contributed by atoms with Gasteiger partial charge in [-0.1, -0.05) is 26.0 Å². The highest BCUT2D eigenvalue weighted by Crippen LogP contribution is 2.40. The van der Waals surface area contributed by atoms with Gasteiger partial charge >= 0.3 is 6.18 Å². The molecule has 0 radical (unpaired) electrons. The molecule has 0 amide bonds. The first kappa shape index (κ1) is 22.7. The van der Waals surface area contributed by atoms with Crippen LogP contribution in [0.5, 0.6) is 5.75 Å². The van der Waals surface area contributed by atoms with E-state index in [0.717, 1.165) is 6.07 Å². The molecule has 0 spiro atoms. The fraction of sp³-hybridized carbons (Fsp3) is 0.409. The molecule has 1 heterocycles. The molecule has 3 N–H and O–H groups in total. The van der Waals surface area contributed by atoms with Crippen LogP contribution in [0.4, 0.5) is 19.0 Å². The molecule has 1 atom stereocenters. The molecule has 4 nitrogen and oxygen atoms in total. The van der Waals surface area contributed by atoms with Gasteiger partial charge in [-0.25, -0.2) is 4.99 Å². The predicted molar refractivity (Wildman–Crippen MR) is 112 cm³/mol. The maximum absolute atomic E-state index is 13.7. The number of aliphatic imine (C=N–C) groups is 1. The smallest absolute Gasteiger partial charge is 0.419 e. The fourth-order valence-corrected chi connectivity index (χ4v) is 3.47. The Morgan fingerprint density at radius 2 is 2.00 bits per heavy atom. The molecule has 29 heavy (non-hydrogen) atoms. The highest BCUT2D eigenvalue weighted by Gasteiger charge is 2.35. The summed E-state index contributed by atoms with van der Waals surface area (Å²) < 4.78 is 46.8. The van der Waals surface area contributed by atoms with E-state index in [1.807, 2.05) is 13.8 Å². The van der Waals surface area contributed by atoms with Crippen molar-refractivity contribution in [3.05, 3.63) is 53.2 Å². The summed E-state index contributed by atoms with van der Waals surface area (Å²) in [5.41, 5.74) is 6.34. The SMILES string of the molecule is C=Nc1[nH]ccc1/C(=C\C)c1ccc(OCC(C)(N)CC(C)C)c(C(F)(F)F)c1. The summed E-state index contributed by atoms with van der Waals surface area (Å²) in [7, 11) is 0. The summed E-state index contributed by atoms with van der Waals surface area (Å²) in [6.07, 6.45) is -0.514. The van der Waals surface area contributed by atoms with E-state index >= 15 is 0 Å². The zero-order chi connectivity index (χ0) is 21.8. The van der Waals surface area contributed by atoms with Gasteiger partial charge in [-0.2, -0.15) is 13.2 Å². The molecule has 0 bridgehead atoms. The summed E-state index contributed by atoms with van der Waals surface area (Å²) in [6, 6.07) is 5.81. The number of H-pyrrole nitrogens is 1. The van der Waals surface area contributed by atoms with E-state index in [-0.39, 0.29) is 12.4 Å². The standard InChI is InChI=1S/C22H28F3N3O/c1-6-16(17-9-10-28-20(17)27-5)15-7-8-19(18(11-15)22(23,24)25)29-13-21(4,26)12-14(2)3/h6-11,14,28H,5,12-13,26H2,1-4H3/b16-6-. The van der Waals surface area contributed by atoms with Crippen LogP contribution in [0.2, 0.25) is 0 Å². The normalized spacial score (nSPS) is 14.7. The van der Waals surface area contributed by atoms with Crippen molar-refractivity contribution < 1.29 is 17.9 Å². The minimum atomic E-state index is -4.56. The molecule has 158 valence electrons. The first-order chi connectivity index (χ1) is 13.5. The number of aromatic amines is 1. The second-order valence-corrected chi connectivity index (χ2v) is 7.85. The molecule has 1 aromatic heterocycles. The lowest BCUT2D eigenvalue weighted by Crippen LogP contribution is -2.43. The van der Waals surface area contributed by atoms with Crippen LogP contribution >= 0.6 is 0 Å². The predicted octanol–water partition coefficient (Wildman–Crippen LogP) is 5.96. The number of nitrogens with two attached hydrogens (primary N) is 1. The number of hydrogen-bond acceptors (Lipinski definition) is 3. The van der Waals surface area contributed by atoms with Gasteiger partial charge in [0.1, 0.15) is 18.2 Å². The van der Waals surface area contributed by atoms with Crippen LogP contribution in [0.3, 0.4) is 0 Å². The van der Waals surface area contributed by atoms with E-state index < -0.39 is 17.3 Å². The van der Waals surface area contributed by atoms with Crippen LogP contribution in [0.1, 0.15) is 50.8 Å². The van der Waals surface area contributed by atoms with E-state index in [2.05, 4.69) is 16.7 Å². The van der Waals surface area contributed by atoms with E-state index in [1.165, 1.54) is 6.07 Å². The summed E-state index contributed by atoms with van der Waals surface area (Å²) in [6.45, 7) is 11.0. The third-order valence-corrected chi connectivity index (χ3v) is 4.49. The molecule has 0 aliphatic heterocycles. The first-order valence-corrected chi connectivity index (χ1v) is 9.42. The molecule has 1 aromatic carbocycles. The number of benzene rings is 1. The summed E-state index contributed by atoms with van der Waals surface area (Å²) in [5, 5.41) is 0. The molecular weight excluding hydrogens is 379 g/mol. The fourth-order valence-electron chi connectivity index (χ4n) is 3.47. The third kappa shape index (κ3) is 5.73. The molecule has 0 saturated heterocycles. The topological polar surface area (TPSA) is 63.4 Å². The first-order valence-electron chi connectivity index (χ1n) is 9.42. The molecule has 2 aromatic rings. The van der Waals surface area contributed by atoms with Gasteiger partial charge in [0.05, 0.1) is 5.56 Å².